The molecule has 0 unspecified atom stereocenters. The molecule has 3 heteroatoms. The molecule has 0 amide bonds. The molecule has 0 aromatic carbocycles. The monoisotopic (exact) mass is 125 g/mol. The standard InChI is InChI=1S/C6H11N3/c1-5(9-2)3-6(8)4-7/h3-4H,2,7-8H2,1H3/b5-3-,6-4+. The highest BCUT2D eigenvalue weighted by Gasteiger charge is 1.81. The average molecular weight is 125 g/mol. The van der Waals surface area contributed by atoms with Gasteiger partial charge in [0.05, 0.1) is 0 Å². The Bertz CT molecular complexity index is 156. The molecular weight excluding hydrogens is 114 g/mol. The molecule has 0 aromatic rings. The highest BCUT2D eigenvalue weighted by molar-refractivity contribution is 5.30. The lowest BCUT2D eigenvalue weighted by Gasteiger charge is -1.90. The fraction of sp³-hybridized carbons (Fsp3) is 0.167. The molecule has 0 fully saturated rings. The lowest BCUT2D eigenvalue weighted by atomic mass is 10.4. The predicted octanol–water partition coefficient (Wildman–Crippen LogP) is 0.350. The fourth-order valence-corrected chi connectivity index (χ4v) is 0.335. The zero-order valence-corrected chi connectivity index (χ0v) is 5.46. The summed E-state index contributed by atoms with van der Waals surface area (Å²) in [5, 5.41) is 0. The largest absolute Gasteiger partial charge is 0.403 e. The minimum absolute atomic E-state index is 0.500. The van der Waals surface area contributed by atoms with Crippen molar-refractivity contribution in [2.45, 2.75) is 6.92 Å². The first-order valence-electron chi connectivity index (χ1n) is 2.53. The van der Waals surface area contributed by atoms with Gasteiger partial charge in [0.1, 0.15) is 0 Å². The highest BCUT2D eigenvalue weighted by atomic mass is 14.7. The molecule has 9 heavy (non-hydrogen) atoms. The van der Waals surface area contributed by atoms with E-state index in [1.54, 1.807) is 13.0 Å². The average Bonchev–Trinajstić information content (AvgIpc) is 1.87. The maximum absolute atomic E-state index is 5.32. The van der Waals surface area contributed by atoms with Crippen LogP contribution in [0.5, 0.6) is 0 Å². The summed E-state index contributed by atoms with van der Waals surface area (Å²) in [5.41, 5.74) is 11.7. The smallest absolute Gasteiger partial charge is 0.0489 e. The van der Waals surface area contributed by atoms with Gasteiger partial charge in [-0.1, -0.05) is 0 Å². The number of nitrogens with two attached hydrogens (primary N) is 2. The number of aliphatic imine (C=N–C) groups is 1. The molecule has 0 heterocycles. The second-order valence-electron chi connectivity index (χ2n) is 1.61. The van der Waals surface area contributed by atoms with E-state index in [-0.39, 0.29) is 0 Å². The second kappa shape index (κ2) is 3.72. The number of hydrogen-bond acceptors (Lipinski definition) is 3. The Kier molecular flexibility index (Phi) is 3.20. The van der Waals surface area contributed by atoms with Crippen molar-refractivity contribution in [1.82, 2.24) is 0 Å². The SMILES string of the molecule is C=N/C(C)=C\C(N)=C/N. The van der Waals surface area contributed by atoms with Crippen LogP contribution >= 0.6 is 0 Å². The van der Waals surface area contributed by atoms with Crippen LogP contribution in [0.1, 0.15) is 6.92 Å². The molecule has 50 valence electrons. The van der Waals surface area contributed by atoms with Crippen LogP contribution in [0.3, 0.4) is 0 Å². The molecule has 0 atom stereocenters. The van der Waals surface area contributed by atoms with Crippen molar-refractivity contribution in [3.8, 4) is 0 Å². The van der Waals surface area contributed by atoms with E-state index >= 15 is 0 Å². The molecule has 0 saturated heterocycles. The molecule has 0 aliphatic carbocycles. The van der Waals surface area contributed by atoms with Crippen molar-refractivity contribution in [2.24, 2.45) is 16.5 Å². The van der Waals surface area contributed by atoms with Crippen molar-refractivity contribution in [3.05, 3.63) is 23.7 Å². The molecule has 4 N–H and O–H groups in total. The summed E-state index contributed by atoms with van der Waals surface area (Å²) in [4.78, 5) is 3.61. The Balaban J connectivity index is 4.11. The van der Waals surface area contributed by atoms with Crippen LogP contribution in [-0.2, 0) is 0 Å². The quantitative estimate of drug-likeness (QED) is 0.413. The van der Waals surface area contributed by atoms with Crippen molar-refractivity contribution in [3.63, 3.8) is 0 Å². The van der Waals surface area contributed by atoms with Gasteiger partial charge in [0.15, 0.2) is 0 Å². The Hall–Kier alpha value is -1.25. The zero-order valence-electron chi connectivity index (χ0n) is 5.46. The second-order valence-corrected chi connectivity index (χ2v) is 1.61. The maximum atomic E-state index is 5.32. The fourth-order valence-electron chi connectivity index (χ4n) is 0.335. The van der Waals surface area contributed by atoms with E-state index in [0.717, 1.165) is 5.70 Å². The molecule has 0 radical (unpaired) electrons. The summed E-state index contributed by atoms with van der Waals surface area (Å²) >= 11 is 0. The first-order chi connectivity index (χ1) is 4.20. The third kappa shape index (κ3) is 3.34. The van der Waals surface area contributed by atoms with Crippen LogP contribution < -0.4 is 11.5 Å². The molecule has 0 aliphatic rings. The third-order valence-electron chi connectivity index (χ3n) is 0.817. The Labute approximate surface area is 54.8 Å². The number of hydrogen-bond donors (Lipinski definition) is 2. The number of nitrogens with zero attached hydrogens (tertiary/aromatic N) is 1. The van der Waals surface area contributed by atoms with E-state index in [4.69, 9.17) is 11.5 Å². The molecule has 0 spiro atoms. The van der Waals surface area contributed by atoms with Crippen LogP contribution in [0.25, 0.3) is 0 Å². The van der Waals surface area contributed by atoms with Gasteiger partial charge in [-0.25, -0.2) is 0 Å². The minimum atomic E-state index is 0.500. The van der Waals surface area contributed by atoms with Gasteiger partial charge in [-0.15, -0.1) is 0 Å². The molecule has 3 nitrogen and oxygen atoms in total. The molecule has 0 aliphatic heterocycles. The summed E-state index contributed by atoms with van der Waals surface area (Å²) in [6.07, 6.45) is 2.96. The summed E-state index contributed by atoms with van der Waals surface area (Å²) in [6, 6.07) is 0. The predicted molar refractivity (Wildman–Crippen MR) is 39.8 cm³/mol. The van der Waals surface area contributed by atoms with E-state index in [0.29, 0.717) is 5.70 Å². The Morgan fingerprint density at radius 2 is 2.22 bits per heavy atom. The Morgan fingerprint density at radius 3 is 2.56 bits per heavy atom. The van der Waals surface area contributed by atoms with Gasteiger partial charge in [0.2, 0.25) is 0 Å². The van der Waals surface area contributed by atoms with Crippen LogP contribution in [0.4, 0.5) is 0 Å². The van der Waals surface area contributed by atoms with Gasteiger partial charge in [-0.3, -0.25) is 4.99 Å². The van der Waals surface area contributed by atoms with E-state index in [1.807, 2.05) is 0 Å². The summed E-state index contributed by atoms with van der Waals surface area (Å²) in [5.74, 6) is 0. The van der Waals surface area contributed by atoms with Gasteiger partial charge >= 0.3 is 0 Å². The molecule has 0 rings (SSSR count). The lowest BCUT2D eigenvalue weighted by molar-refractivity contribution is 1.27. The number of allylic oxidation sites excluding steroid dienone is 2. The van der Waals surface area contributed by atoms with Crippen LogP contribution in [0, 0.1) is 0 Å². The van der Waals surface area contributed by atoms with Gasteiger partial charge in [0.25, 0.3) is 0 Å². The first kappa shape index (κ1) is 7.75. The van der Waals surface area contributed by atoms with E-state index < -0.39 is 0 Å². The lowest BCUT2D eigenvalue weighted by Crippen LogP contribution is -1.97. The topological polar surface area (TPSA) is 64.4 Å². The van der Waals surface area contributed by atoms with Gasteiger partial charge in [-0.2, -0.15) is 0 Å². The zero-order chi connectivity index (χ0) is 7.28. The van der Waals surface area contributed by atoms with E-state index in [1.165, 1.54) is 6.20 Å². The Morgan fingerprint density at radius 1 is 1.67 bits per heavy atom. The van der Waals surface area contributed by atoms with Crippen molar-refractivity contribution < 1.29 is 0 Å². The van der Waals surface area contributed by atoms with Crippen molar-refractivity contribution in [1.29, 1.82) is 0 Å². The third-order valence-corrected chi connectivity index (χ3v) is 0.817. The summed E-state index contributed by atoms with van der Waals surface area (Å²) < 4.78 is 0. The van der Waals surface area contributed by atoms with E-state index in [9.17, 15) is 0 Å². The highest BCUT2D eigenvalue weighted by Crippen LogP contribution is 1.94. The van der Waals surface area contributed by atoms with Gasteiger partial charge < -0.3 is 11.5 Å². The molecule has 0 saturated carbocycles. The van der Waals surface area contributed by atoms with E-state index in [2.05, 4.69) is 11.7 Å². The van der Waals surface area contributed by atoms with Crippen molar-refractivity contribution in [2.75, 3.05) is 0 Å². The van der Waals surface area contributed by atoms with Gasteiger partial charge in [-0.05, 0) is 19.7 Å². The summed E-state index contributed by atoms with van der Waals surface area (Å²) in [6.45, 7) is 5.10. The molecule has 0 bridgehead atoms. The molecular formula is C6H11N3. The minimum Gasteiger partial charge on any atom is -0.403 e. The number of rotatable bonds is 2. The van der Waals surface area contributed by atoms with Crippen LogP contribution in [-0.4, -0.2) is 6.72 Å². The van der Waals surface area contributed by atoms with Gasteiger partial charge in [0, 0.05) is 17.6 Å². The van der Waals surface area contributed by atoms with Crippen LogP contribution in [0.15, 0.2) is 28.7 Å². The van der Waals surface area contributed by atoms with Crippen LogP contribution in [0.2, 0.25) is 0 Å². The normalized spacial score (nSPS) is 13.4. The van der Waals surface area contributed by atoms with Crippen molar-refractivity contribution >= 4 is 6.72 Å². The molecule has 0 aromatic heterocycles. The maximum Gasteiger partial charge on any atom is 0.0489 e. The first-order valence-corrected chi connectivity index (χ1v) is 2.53. The summed E-state index contributed by atoms with van der Waals surface area (Å²) in [7, 11) is 0.